The molecule has 0 radical (unpaired) electrons. The number of nitrogens with zero attached hydrogens (tertiary/aromatic N) is 1. The Morgan fingerprint density at radius 1 is 1.19 bits per heavy atom. The van der Waals surface area contributed by atoms with Crippen LogP contribution < -0.4 is 9.62 Å². The predicted octanol–water partition coefficient (Wildman–Crippen LogP) is 4.62. The molecule has 1 atom stereocenters. The van der Waals surface area contributed by atoms with Gasteiger partial charge in [0.1, 0.15) is 4.90 Å². The van der Waals surface area contributed by atoms with Gasteiger partial charge in [0.15, 0.2) is 0 Å². The van der Waals surface area contributed by atoms with Crippen molar-refractivity contribution in [3.63, 3.8) is 0 Å². The summed E-state index contributed by atoms with van der Waals surface area (Å²) in [6.07, 6.45) is 0.699. The van der Waals surface area contributed by atoms with Gasteiger partial charge < -0.3 is 4.90 Å². The Morgan fingerprint density at radius 2 is 1.88 bits per heavy atom. The molecule has 138 valence electrons. The van der Waals surface area contributed by atoms with E-state index < -0.39 is 10.0 Å². The number of amides is 1. The smallest absolute Gasteiger partial charge is 0.263 e. The Morgan fingerprint density at radius 3 is 2.50 bits per heavy atom. The van der Waals surface area contributed by atoms with Gasteiger partial charge in [0.2, 0.25) is 5.91 Å². The molecule has 0 saturated carbocycles. The van der Waals surface area contributed by atoms with Gasteiger partial charge >= 0.3 is 0 Å². The monoisotopic (exact) mass is 500 g/mol. The number of anilines is 2. The first-order valence-corrected chi connectivity index (χ1v) is 11.1. The number of fused-ring (bicyclic) bond motifs is 1. The van der Waals surface area contributed by atoms with E-state index in [9.17, 15) is 13.2 Å². The topological polar surface area (TPSA) is 66.5 Å². The van der Waals surface area contributed by atoms with Crippen molar-refractivity contribution < 1.29 is 13.2 Å². The number of rotatable bonds is 3. The van der Waals surface area contributed by atoms with Crippen molar-refractivity contribution in [3.8, 4) is 0 Å². The van der Waals surface area contributed by atoms with Crippen LogP contribution in [0, 0.1) is 6.92 Å². The molecule has 0 spiro atoms. The normalized spacial score (nSPS) is 16.5. The second-order valence-electron chi connectivity index (χ2n) is 6.44. The minimum absolute atomic E-state index is 0.00607. The molecule has 26 heavy (non-hydrogen) atoms. The third-order valence-corrected chi connectivity index (χ3v) is 7.33. The standard InChI is InChI=1S/C18H18Br2N2O3S/c1-10-4-5-16(14(19)6-10)21-26(24,25)18-9-17-13(8-15(18)20)7-11(2)22(17)12(3)23/h4-6,8-9,11,21H,7H2,1-3H3/t11-/m0/s1. The average molecular weight is 502 g/mol. The second-order valence-corrected chi connectivity index (χ2v) is 9.80. The van der Waals surface area contributed by atoms with E-state index in [1.54, 1.807) is 23.1 Å². The lowest BCUT2D eigenvalue weighted by Gasteiger charge is -2.21. The molecule has 0 fully saturated rings. The zero-order valence-corrected chi connectivity index (χ0v) is 18.5. The summed E-state index contributed by atoms with van der Waals surface area (Å²) in [6.45, 7) is 5.37. The Hall–Kier alpha value is -1.38. The molecule has 5 nitrogen and oxygen atoms in total. The van der Waals surface area contributed by atoms with Gasteiger partial charge in [0.05, 0.1) is 5.69 Å². The first-order valence-electron chi connectivity index (χ1n) is 8.01. The van der Waals surface area contributed by atoms with E-state index in [-0.39, 0.29) is 16.8 Å². The molecule has 0 aromatic heterocycles. The number of hydrogen-bond acceptors (Lipinski definition) is 3. The molecule has 0 aliphatic carbocycles. The van der Waals surface area contributed by atoms with E-state index in [1.165, 1.54) is 6.92 Å². The molecule has 1 amide bonds. The molecule has 1 N–H and O–H groups in total. The fraction of sp³-hybridized carbons (Fsp3) is 0.278. The molecule has 0 bridgehead atoms. The van der Waals surface area contributed by atoms with Crippen LogP contribution in [0.4, 0.5) is 11.4 Å². The molecule has 1 aliphatic heterocycles. The fourth-order valence-corrected chi connectivity index (χ4v) is 6.12. The second kappa shape index (κ2) is 6.98. The van der Waals surface area contributed by atoms with Gasteiger partial charge in [-0.15, -0.1) is 0 Å². The molecule has 3 rings (SSSR count). The lowest BCUT2D eigenvalue weighted by molar-refractivity contribution is -0.116. The van der Waals surface area contributed by atoms with E-state index >= 15 is 0 Å². The van der Waals surface area contributed by atoms with Gasteiger partial charge in [-0.25, -0.2) is 8.42 Å². The minimum atomic E-state index is -3.83. The average Bonchev–Trinajstić information content (AvgIpc) is 2.84. The van der Waals surface area contributed by atoms with Crippen molar-refractivity contribution in [2.24, 2.45) is 0 Å². The van der Waals surface area contributed by atoms with Gasteiger partial charge in [-0.2, -0.15) is 0 Å². The van der Waals surface area contributed by atoms with Crippen molar-refractivity contribution in [2.45, 2.75) is 38.1 Å². The summed E-state index contributed by atoms with van der Waals surface area (Å²) < 4.78 is 29.7. The Bertz CT molecular complexity index is 1010. The highest BCUT2D eigenvalue weighted by Gasteiger charge is 2.32. The fourth-order valence-electron chi connectivity index (χ4n) is 3.21. The molecule has 0 unspecified atom stereocenters. The summed E-state index contributed by atoms with van der Waals surface area (Å²) in [5.41, 5.74) is 3.08. The number of nitrogens with one attached hydrogen (secondary N) is 1. The maximum atomic E-state index is 13.0. The number of hydrogen-bond donors (Lipinski definition) is 1. The van der Waals surface area contributed by atoms with E-state index in [2.05, 4.69) is 36.6 Å². The molecule has 0 saturated heterocycles. The van der Waals surface area contributed by atoms with Crippen molar-refractivity contribution >= 4 is 59.2 Å². The summed E-state index contributed by atoms with van der Waals surface area (Å²) in [5, 5.41) is 0. The Balaban J connectivity index is 2.05. The van der Waals surface area contributed by atoms with Crippen LogP contribution in [-0.2, 0) is 21.2 Å². The van der Waals surface area contributed by atoms with E-state index in [0.29, 0.717) is 26.7 Å². The highest BCUT2D eigenvalue weighted by Crippen LogP contribution is 2.38. The molecular weight excluding hydrogens is 484 g/mol. The number of sulfonamides is 1. The van der Waals surface area contributed by atoms with E-state index in [4.69, 9.17) is 0 Å². The third kappa shape index (κ3) is 3.54. The van der Waals surface area contributed by atoms with Crippen molar-refractivity contribution in [3.05, 3.63) is 50.4 Å². The maximum Gasteiger partial charge on any atom is 0.263 e. The predicted molar refractivity (Wildman–Crippen MR) is 110 cm³/mol. The molecule has 1 heterocycles. The van der Waals surface area contributed by atoms with Crippen LogP contribution in [0.1, 0.15) is 25.0 Å². The zero-order valence-electron chi connectivity index (χ0n) is 14.5. The van der Waals surface area contributed by atoms with Crippen LogP contribution in [0.25, 0.3) is 0 Å². The van der Waals surface area contributed by atoms with Crippen molar-refractivity contribution in [1.82, 2.24) is 0 Å². The van der Waals surface area contributed by atoms with Crippen molar-refractivity contribution in [1.29, 1.82) is 0 Å². The summed E-state index contributed by atoms with van der Waals surface area (Å²) in [7, 11) is -3.83. The highest BCUT2D eigenvalue weighted by atomic mass is 79.9. The number of halogens is 2. The minimum Gasteiger partial charge on any atom is -0.309 e. The molecule has 2 aromatic rings. The van der Waals surface area contributed by atoms with Gasteiger partial charge in [-0.3, -0.25) is 9.52 Å². The van der Waals surface area contributed by atoms with E-state index in [0.717, 1.165) is 11.1 Å². The number of carbonyl (C=O) groups excluding carboxylic acids is 1. The first kappa shape index (κ1) is 19.4. The van der Waals surface area contributed by atoms with E-state index in [1.807, 2.05) is 26.0 Å². The van der Waals surface area contributed by atoms with Gasteiger partial charge in [0, 0.05) is 27.6 Å². The van der Waals surface area contributed by atoms with Crippen LogP contribution in [0.2, 0.25) is 0 Å². The number of carbonyl (C=O) groups is 1. The summed E-state index contributed by atoms with van der Waals surface area (Å²) in [5.74, 6) is -0.101. The third-order valence-electron chi connectivity index (χ3n) is 4.35. The summed E-state index contributed by atoms with van der Waals surface area (Å²) in [4.78, 5) is 13.7. The largest absolute Gasteiger partial charge is 0.309 e. The maximum absolute atomic E-state index is 13.0. The van der Waals surface area contributed by atoms with Crippen LogP contribution >= 0.6 is 31.9 Å². The Kier molecular flexibility index (Phi) is 5.20. The molecule has 1 aliphatic rings. The van der Waals surface area contributed by atoms with Crippen LogP contribution in [0.15, 0.2) is 44.2 Å². The number of benzene rings is 2. The summed E-state index contributed by atoms with van der Waals surface area (Å²) >= 11 is 6.76. The van der Waals surface area contributed by atoms with Gasteiger partial charge in [-0.05, 0) is 87.5 Å². The van der Waals surface area contributed by atoms with Crippen LogP contribution in [0.5, 0.6) is 0 Å². The molecule has 8 heteroatoms. The van der Waals surface area contributed by atoms with Gasteiger partial charge in [-0.1, -0.05) is 6.07 Å². The first-order chi connectivity index (χ1) is 12.1. The molecule has 2 aromatic carbocycles. The highest BCUT2D eigenvalue weighted by molar-refractivity contribution is 9.11. The lowest BCUT2D eigenvalue weighted by Crippen LogP contribution is -2.33. The van der Waals surface area contributed by atoms with Crippen molar-refractivity contribution in [2.75, 3.05) is 9.62 Å². The zero-order chi connectivity index (χ0) is 19.2. The number of aryl methyl sites for hydroxylation is 1. The Labute approximate surface area is 170 Å². The quantitative estimate of drug-likeness (QED) is 0.667. The lowest BCUT2D eigenvalue weighted by atomic mass is 10.1. The molecular formula is C18H18Br2N2O3S. The van der Waals surface area contributed by atoms with Crippen LogP contribution in [0.3, 0.4) is 0 Å². The SMILES string of the molecule is CC(=O)N1c2cc(S(=O)(=O)Nc3ccc(C)cc3Br)c(Br)cc2C[C@@H]1C. The van der Waals surface area contributed by atoms with Gasteiger partial charge in [0.25, 0.3) is 10.0 Å². The van der Waals surface area contributed by atoms with Crippen LogP contribution in [-0.4, -0.2) is 20.4 Å². The summed E-state index contributed by atoms with van der Waals surface area (Å²) in [6, 6.07) is 8.74.